The molecule has 0 fully saturated rings. The zero-order valence-corrected chi connectivity index (χ0v) is 27.0. The van der Waals surface area contributed by atoms with E-state index in [1.165, 1.54) is 12.8 Å². The van der Waals surface area contributed by atoms with E-state index in [2.05, 4.69) is 40.4 Å². The van der Waals surface area contributed by atoms with Crippen molar-refractivity contribution in [2.24, 2.45) is 0 Å². The van der Waals surface area contributed by atoms with Crippen molar-refractivity contribution in [3.63, 3.8) is 0 Å². The lowest BCUT2D eigenvalue weighted by Gasteiger charge is -2.29. The Hall–Kier alpha value is -2.98. The molecular weight excluding hydrogens is 602 g/mol. The van der Waals surface area contributed by atoms with Crippen molar-refractivity contribution in [3.05, 3.63) is 63.3 Å². The normalized spacial score (nSPS) is 14.4. The van der Waals surface area contributed by atoms with Gasteiger partial charge in [-0.3, -0.25) is 4.79 Å². The molecular formula is C31H40BrN5O3S. The van der Waals surface area contributed by atoms with E-state index in [0.29, 0.717) is 41.4 Å². The average Bonchev–Trinajstić information content (AvgIpc) is 3.34. The first-order valence-corrected chi connectivity index (χ1v) is 16.2. The number of anilines is 2. The fourth-order valence-corrected chi connectivity index (χ4v) is 6.02. The van der Waals surface area contributed by atoms with Crippen LogP contribution in [0.5, 0.6) is 11.5 Å². The molecule has 1 aliphatic heterocycles. The predicted molar refractivity (Wildman–Crippen MR) is 170 cm³/mol. The number of fused-ring (bicyclic) bond motifs is 1. The monoisotopic (exact) mass is 641 g/mol. The van der Waals surface area contributed by atoms with Crippen molar-refractivity contribution < 1.29 is 14.3 Å². The van der Waals surface area contributed by atoms with Gasteiger partial charge in [0, 0.05) is 17.1 Å². The van der Waals surface area contributed by atoms with Crippen molar-refractivity contribution in [3.8, 4) is 11.5 Å². The maximum atomic E-state index is 13.9. The van der Waals surface area contributed by atoms with Crippen molar-refractivity contribution >= 4 is 45.2 Å². The van der Waals surface area contributed by atoms with Gasteiger partial charge in [-0.25, -0.2) is 4.68 Å². The van der Waals surface area contributed by atoms with E-state index in [4.69, 9.17) is 19.6 Å². The molecule has 4 rings (SSSR count). The number of ether oxygens (including phenoxy) is 2. The van der Waals surface area contributed by atoms with E-state index in [9.17, 15) is 4.79 Å². The largest absolute Gasteiger partial charge is 0.490 e. The summed E-state index contributed by atoms with van der Waals surface area (Å²) in [6.45, 7) is 11.3. The first kappa shape index (κ1) is 31.0. The molecule has 2 N–H and O–H groups in total. The van der Waals surface area contributed by atoms with E-state index in [-0.39, 0.29) is 5.91 Å². The Bertz CT molecular complexity index is 1390. The summed E-state index contributed by atoms with van der Waals surface area (Å²) in [6, 6.07) is 11.2. The summed E-state index contributed by atoms with van der Waals surface area (Å²) < 4.78 is 14.8. The number of hydrogen-bond acceptors (Lipinski definition) is 7. The molecule has 1 unspecified atom stereocenters. The van der Waals surface area contributed by atoms with Gasteiger partial charge in [-0.05, 0) is 84.9 Å². The van der Waals surface area contributed by atoms with Gasteiger partial charge < -0.3 is 20.1 Å². The van der Waals surface area contributed by atoms with Gasteiger partial charge >= 0.3 is 0 Å². The Balaban J connectivity index is 1.75. The van der Waals surface area contributed by atoms with Gasteiger partial charge in [0.25, 0.3) is 5.91 Å². The smallest absolute Gasteiger partial charge is 0.255 e. The minimum atomic E-state index is -0.534. The number of allylic oxidation sites excluding steroid dienone is 1. The maximum Gasteiger partial charge on any atom is 0.255 e. The van der Waals surface area contributed by atoms with Crippen molar-refractivity contribution in [2.75, 3.05) is 29.6 Å². The van der Waals surface area contributed by atoms with E-state index < -0.39 is 6.04 Å². The van der Waals surface area contributed by atoms with Crippen LogP contribution in [0.2, 0.25) is 0 Å². The van der Waals surface area contributed by atoms with Crippen LogP contribution >= 0.6 is 27.7 Å². The number of nitrogens with one attached hydrogen (secondary N) is 2. The maximum absolute atomic E-state index is 13.9. The molecule has 0 saturated carbocycles. The van der Waals surface area contributed by atoms with Gasteiger partial charge in [0.05, 0.1) is 23.3 Å². The van der Waals surface area contributed by atoms with Crippen LogP contribution in [0, 0.1) is 6.92 Å². The third-order valence-corrected chi connectivity index (χ3v) is 8.31. The Morgan fingerprint density at radius 2 is 1.93 bits per heavy atom. The van der Waals surface area contributed by atoms with Gasteiger partial charge in [0.15, 0.2) is 11.5 Å². The molecule has 1 aliphatic rings. The fourth-order valence-electron chi connectivity index (χ4n) is 4.76. The summed E-state index contributed by atoms with van der Waals surface area (Å²) in [5.74, 6) is 2.60. The van der Waals surface area contributed by atoms with Crippen molar-refractivity contribution in [2.45, 2.75) is 77.9 Å². The first-order chi connectivity index (χ1) is 19.9. The van der Waals surface area contributed by atoms with Gasteiger partial charge in [0.1, 0.15) is 6.04 Å². The highest BCUT2D eigenvalue weighted by Gasteiger charge is 2.35. The predicted octanol–water partition coefficient (Wildman–Crippen LogP) is 8.14. The SMILES string of the molecule is CCCCCCOc1c(Br)cc(C2C(C(=O)Nc3cccc(C)c3)=C(C)Nc3nc(SCCC)nn32)cc1OCC. The molecule has 220 valence electrons. The molecule has 0 spiro atoms. The average molecular weight is 643 g/mol. The summed E-state index contributed by atoms with van der Waals surface area (Å²) in [6.07, 6.45) is 5.48. The van der Waals surface area contributed by atoms with Gasteiger partial charge in [0.2, 0.25) is 11.1 Å². The molecule has 0 saturated heterocycles. The molecule has 3 aromatic rings. The van der Waals surface area contributed by atoms with E-state index >= 15 is 0 Å². The number of carbonyl (C=O) groups is 1. The van der Waals surface area contributed by atoms with Crippen LogP contribution in [-0.4, -0.2) is 39.6 Å². The molecule has 41 heavy (non-hydrogen) atoms. The van der Waals surface area contributed by atoms with E-state index in [1.807, 2.05) is 57.2 Å². The third-order valence-electron chi connectivity index (χ3n) is 6.68. The lowest BCUT2D eigenvalue weighted by atomic mass is 9.94. The quantitative estimate of drug-likeness (QED) is 0.136. The Kier molecular flexibility index (Phi) is 11.2. The Labute approximate surface area is 255 Å². The number of unbranched alkanes of at least 4 members (excludes halogenated alkanes) is 3. The summed E-state index contributed by atoms with van der Waals surface area (Å²) in [5.41, 5.74) is 3.92. The second kappa shape index (κ2) is 14.8. The number of benzene rings is 2. The fraction of sp³-hybridized carbons (Fsp3) is 0.452. The summed E-state index contributed by atoms with van der Waals surface area (Å²) >= 11 is 5.35. The van der Waals surface area contributed by atoms with Gasteiger partial charge in [-0.1, -0.05) is 57.0 Å². The minimum absolute atomic E-state index is 0.208. The lowest BCUT2D eigenvalue weighted by molar-refractivity contribution is -0.113. The van der Waals surface area contributed by atoms with Crippen LogP contribution < -0.4 is 20.1 Å². The van der Waals surface area contributed by atoms with Crippen LogP contribution in [0.25, 0.3) is 0 Å². The topological polar surface area (TPSA) is 90.3 Å². The van der Waals surface area contributed by atoms with Crippen molar-refractivity contribution in [1.82, 2.24) is 14.8 Å². The molecule has 0 bridgehead atoms. The lowest BCUT2D eigenvalue weighted by Crippen LogP contribution is -2.31. The number of thioether (sulfide) groups is 1. The second-order valence-corrected chi connectivity index (χ2v) is 12.0. The Morgan fingerprint density at radius 1 is 1.10 bits per heavy atom. The molecule has 0 aliphatic carbocycles. The molecule has 1 atom stereocenters. The molecule has 10 heteroatoms. The summed E-state index contributed by atoms with van der Waals surface area (Å²) in [5, 5.41) is 11.9. The van der Waals surface area contributed by atoms with Crippen LogP contribution in [-0.2, 0) is 4.79 Å². The molecule has 2 heterocycles. The Morgan fingerprint density at radius 3 is 2.66 bits per heavy atom. The van der Waals surface area contributed by atoms with Crippen LogP contribution in [0.1, 0.15) is 77.0 Å². The first-order valence-electron chi connectivity index (χ1n) is 14.4. The number of amides is 1. The molecule has 8 nitrogen and oxygen atoms in total. The molecule has 1 aromatic heterocycles. The van der Waals surface area contributed by atoms with E-state index in [1.54, 1.807) is 16.4 Å². The zero-order valence-electron chi connectivity index (χ0n) is 24.6. The number of aromatic nitrogens is 3. The van der Waals surface area contributed by atoms with Crippen LogP contribution in [0.3, 0.4) is 0 Å². The van der Waals surface area contributed by atoms with E-state index in [0.717, 1.165) is 52.0 Å². The molecule has 1 amide bonds. The number of aryl methyl sites for hydroxylation is 1. The summed E-state index contributed by atoms with van der Waals surface area (Å²) in [4.78, 5) is 18.6. The molecule has 0 radical (unpaired) electrons. The number of halogens is 1. The zero-order chi connectivity index (χ0) is 29.4. The number of nitrogens with zero attached hydrogens (tertiary/aromatic N) is 3. The molecule has 2 aromatic carbocycles. The standard InChI is InChI=1S/C31H40BrN5O3S/c1-6-9-10-11-15-40-28-24(32)18-22(19-25(28)39-8-3)27-26(29(38)34-23-14-12-13-20(4)17-23)21(5)33-30-35-31(36-37(27)30)41-16-7-2/h12-14,17-19,27H,6-11,15-16H2,1-5H3,(H,34,38)(H,33,35,36). The minimum Gasteiger partial charge on any atom is -0.490 e. The highest BCUT2D eigenvalue weighted by molar-refractivity contribution is 9.10. The van der Waals surface area contributed by atoms with Crippen LogP contribution in [0.4, 0.5) is 11.6 Å². The van der Waals surface area contributed by atoms with Gasteiger partial charge in [-0.15, -0.1) is 5.10 Å². The van der Waals surface area contributed by atoms with Gasteiger partial charge in [-0.2, -0.15) is 4.98 Å². The van der Waals surface area contributed by atoms with Crippen molar-refractivity contribution in [1.29, 1.82) is 0 Å². The number of carbonyl (C=O) groups excluding carboxylic acids is 1. The van der Waals surface area contributed by atoms with Crippen LogP contribution in [0.15, 0.2) is 57.3 Å². The number of rotatable bonds is 14. The summed E-state index contributed by atoms with van der Waals surface area (Å²) in [7, 11) is 0. The third kappa shape index (κ3) is 7.65. The highest BCUT2D eigenvalue weighted by atomic mass is 79.9. The number of hydrogen-bond donors (Lipinski definition) is 2. The second-order valence-electron chi connectivity index (χ2n) is 10.1. The highest BCUT2D eigenvalue weighted by Crippen LogP contribution is 2.43.